The van der Waals surface area contributed by atoms with Crippen molar-refractivity contribution in [1.82, 2.24) is 15.2 Å². The minimum absolute atomic E-state index is 0.190. The Morgan fingerprint density at radius 2 is 2.30 bits per heavy atom. The molecule has 0 bridgehead atoms. The lowest BCUT2D eigenvalue weighted by atomic mass is 10.2. The van der Waals surface area contributed by atoms with Gasteiger partial charge in [0.15, 0.2) is 0 Å². The molecule has 0 aliphatic heterocycles. The molecule has 0 radical (unpaired) electrons. The molecule has 108 valence electrons. The highest BCUT2D eigenvalue weighted by Gasteiger charge is 2.20. The Bertz CT molecular complexity index is 462. The third kappa shape index (κ3) is 5.09. The minimum atomic E-state index is -1.07. The number of urea groups is 1. The minimum Gasteiger partial charge on any atom is -0.480 e. The highest BCUT2D eigenvalue weighted by molar-refractivity contribution is 5.82. The molecule has 0 saturated heterocycles. The zero-order valence-electron chi connectivity index (χ0n) is 11.5. The first kappa shape index (κ1) is 15.7. The van der Waals surface area contributed by atoms with Crippen molar-refractivity contribution < 1.29 is 14.7 Å². The van der Waals surface area contributed by atoms with E-state index in [1.807, 2.05) is 18.2 Å². The molecule has 2 amide bonds. The molecule has 0 fully saturated rings. The lowest BCUT2D eigenvalue weighted by Crippen LogP contribution is -2.46. The molecule has 1 heterocycles. The Balaban J connectivity index is 2.46. The number of hydrogen-bond donors (Lipinski definition) is 2. The molecule has 0 saturated carbocycles. The maximum atomic E-state index is 11.9. The van der Waals surface area contributed by atoms with Gasteiger partial charge in [0.2, 0.25) is 0 Å². The van der Waals surface area contributed by atoms with Gasteiger partial charge < -0.3 is 15.3 Å². The maximum Gasteiger partial charge on any atom is 0.326 e. The number of carboxylic acids is 1. The van der Waals surface area contributed by atoms with E-state index in [9.17, 15) is 9.59 Å². The monoisotopic (exact) mass is 277 g/mol. The number of aliphatic carboxylic acids is 1. The van der Waals surface area contributed by atoms with Crippen LogP contribution in [0, 0.1) is 0 Å². The fourth-order valence-electron chi connectivity index (χ4n) is 1.58. The molecule has 6 heteroatoms. The van der Waals surface area contributed by atoms with Crippen LogP contribution in [0.4, 0.5) is 4.79 Å². The van der Waals surface area contributed by atoms with Gasteiger partial charge in [0, 0.05) is 31.9 Å². The molecular weight excluding hydrogens is 258 g/mol. The van der Waals surface area contributed by atoms with Crippen LogP contribution in [-0.2, 0) is 11.2 Å². The smallest absolute Gasteiger partial charge is 0.326 e. The number of pyridine rings is 1. The van der Waals surface area contributed by atoms with Gasteiger partial charge in [0.05, 0.1) is 0 Å². The van der Waals surface area contributed by atoms with Gasteiger partial charge in [-0.2, -0.15) is 0 Å². The van der Waals surface area contributed by atoms with Crippen LogP contribution in [0.25, 0.3) is 0 Å². The number of amides is 2. The summed E-state index contributed by atoms with van der Waals surface area (Å²) in [5.41, 5.74) is 0.882. The van der Waals surface area contributed by atoms with Crippen LogP contribution in [0.5, 0.6) is 0 Å². The summed E-state index contributed by atoms with van der Waals surface area (Å²) in [6.45, 7) is 3.94. The van der Waals surface area contributed by atoms with E-state index >= 15 is 0 Å². The van der Waals surface area contributed by atoms with Crippen molar-refractivity contribution in [3.63, 3.8) is 0 Å². The van der Waals surface area contributed by atoms with Crippen molar-refractivity contribution in [2.45, 2.75) is 18.9 Å². The molecule has 0 spiro atoms. The summed E-state index contributed by atoms with van der Waals surface area (Å²) in [6.07, 6.45) is 3.96. The van der Waals surface area contributed by atoms with Gasteiger partial charge in [-0.15, -0.1) is 6.58 Å². The molecule has 1 atom stereocenters. The summed E-state index contributed by atoms with van der Waals surface area (Å²) < 4.78 is 0. The number of nitrogens with zero attached hydrogens (tertiary/aromatic N) is 2. The van der Waals surface area contributed by atoms with E-state index in [4.69, 9.17) is 5.11 Å². The average molecular weight is 277 g/mol. The summed E-state index contributed by atoms with van der Waals surface area (Å²) >= 11 is 0. The van der Waals surface area contributed by atoms with E-state index in [2.05, 4.69) is 16.9 Å². The average Bonchev–Trinajstić information content (AvgIpc) is 2.45. The van der Waals surface area contributed by atoms with Crippen LogP contribution in [-0.4, -0.2) is 46.6 Å². The first-order chi connectivity index (χ1) is 9.54. The maximum absolute atomic E-state index is 11.9. The van der Waals surface area contributed by atoms with E-state index < -0.39 is 18.0 Å². The number of hydrogen-bond acceptors (Lipinski definition) is 3. The fourth-order valence-corrected chi connectivity index (χ4v) is 1.58. The quantitative estimate of drug-likeness (QED) is 0.736. The van der Waals surface area contributed by atoms with Gasteiger partial charge in [-0.3, -0.25) is 4.98 Å². The van der Waals surface area contributed by atoms with Crippen LogP contribution in [0.1, 0.15) is 12.1 Å². The number of likely N-dealkylation sites (N-methyl/N-ethyl adjacent to an activating group) is 1. The second-order valence-electron chi connectivity index (χ2n) is 4.36. The summed E-state index contributed by atoms with van der Waals surface area (Å²) in [6, 6.07) is 4.22. The van der Waals surface area contributed by atoms with Gasteiger partial charge >= 0.3 is 12.0 Å². The lowest BCUT2D eigenvalue weighted by molar-refractivity contribution is -0.139. The van der Waals surface area contributed by atoms with E-state index in [-0.39, 0.29) is 6.42 Å². The topological polar surface area (TPSA) is 82.5 Å². The van der Waals surface area contributed by atoms with Crippen LogP contribution in [0.2, 0.25) is 0 Å². The molecule has 0 aromatic carbocycles. The van der Waals surface area contributed by atoms with Crippen molar-refractivity contribution in [1.29, 1.82) is 0 Å². The Labute approximate surface area is 118 Å². The normalized spacial score (nSPS) is 11.4. The zero-order valence-corrected chi connectivity index (χ0v) is 11.5. The van der Waals surface area contributed by atoms with Gasteiger partial charge in [-0.05, 0) is 18.6 Å². The molecule has 1 unspecified atom stereocenters. The van der Waals surface area contributed by atoms with Crippen LogP contribution >= 0.6 is 0 Å². The van der Waals surface area contributed by atoms with Crippen LogP contribution < -0.4 is 5.32 Å². The number of rotatable bonds is 7. The molecule has 2 N–H and O–H groups in total. The van der Waals surface area contributed by atoms with Crippen molar-refractivity contribution in [2.75, 3.05) is 13.6 Å². The Morgan fingerprint density at radius 1 is 1.55 bits per heavy atom. The van der Waals surface area contributed by atoms with Gasteiger partial charge in [0.25, 0.3) is 0 Å². The predicted octanol–water partition coefficient (Wildman–Crippen LogP) is 1.29. The molecule has 20 heavy (non-hydrogen) atoms. The standard InChI is InChI=1S/C14H19N3O3/c1-3-6-12(13(18)19)16-14(20)17(2)10-8-11-7-4-5-9-15-11/h3-5,7,9,12H,1,6,8,10H2,2H3,(H,16,20)(H,18,19). The van der Waals surface area contributed by atoms with E-state index in [1.165, 1.54) is 11.0 Å². The number of carbonyl (C=O) groups is 2. The van der Waals surface area contributed by atoms with Gasteiger partial charge in [-0.1, -0.05) is 12.1 Å². The third-order valence-corrected chi connectivity index (χ3v) is 2.77. The van der Waals surface area contributed by atoms with Crippen molar-refractivity contribution in [3.05, 3.63) is 42.7 Å². The second-order valence-corrected chi connectivity index (χ2v) is 4.36. The van der Waals surface area contributed by atoms with E-state index in [1.54, 1.807) is 13.2 Å². The number of nitrogens with one attached hydrogen (secondary N) is 1. The zero-order chi connectivity index (χ0) is 15.0. The second kappa shape index (κ2) is 7.93. The van der Waals surface area contributed by atoms with Crippen molar-refractivity contribution in [3.8, 4) is 0 Å². The van der Waals surface area contributed by atoms with E-state index in [0.29, 0.717) is 13.0 Å². The summed E-state index contributed by atoms with van der Waals surface area (Å²) in [7, 11) is 1.62. The van der Waals surface area contributed by atoms with Crippen molar-refractivity contribution in [2.24, 2.45) is 0 Å². The Morgan fingerprint density at radius 3 is 2.85 bits per heavy atom. The van der Waals surface area contributed by atoms with Gasteiger partial charge in [0.1, 0.15) is 6.04 Å². The molecule has 0 aliphatic carbocycles. The largest absolute Gasteiger partial charge is 0.480 e. The molecule has 6 nitrogen and oxygen atoms in total. The Hall–Kier alpha value is -2.37. The Kier molecular flexibility index (Phi) is 6.22. The first-order valence-electron chi connectivity index (χ1n) is 6.30. The molecule has 1 aromatic rings. The van der Waals surface area contributed by atoms with Crippen LogP contribution in [0.3, 0.4) is 0 Å². The molecule has 1 rings (SSSR count). The van der Waals surface area contributed by atoms with E-state index in [0.717, 1.165) is 5.69 Å². The summed E-state index contributed by atoms with van der Waals surface area (Å²) in [4.78, 5) is 28.4. The fraction of sp³-hybridized carbons (Fsp3) is 0.357. The molecule has 1 aromatic heterocycles. The highest BCUT2D eigenvalue weighted by Crippen LogP contribution is 1.99. The van der Waals surface area contributed by atoms with Gasteiger partial charge in [-0.25, -0.2) is 9.59 Å². The SMILES string of the molecule is C=CCC(NC(=O)N(C)CCc1ccccn1)C(=O)O. The predicted molar refractivity (Wildman–Crippen MR) is 75.3 cm³/mol. The third-order valence-electron chi connectivity index (χ3n) is 2.77. The van der Waals surface area contributed by atoms with Crippen LogP contribution in [0.15, 0.2) is 37.1 Å². The molecular formula is C14H19N3O3. The number of carbonyl (C=O) groups excluding carboxylic acids is 1. The molecule has 0 aliphatic rings. The first-order valence-corrected chi connectivity index (χ1v) is 6.30. The highest BCUT2D eigenvalue weighted by atomic mass is 16.4. The summed E-state index contributed by atoms with van der Waals surface area (Å²) in [5, 5.41) is 11.4. The number of aromatic nitrogens is 1. The number of carboxylic acid groups (broad SMARTS) is 1. The van der Waals surface area contributed by atoms with Crippen molar-refractivity contribution >= 4 is 12.0 Å². The lowest BCUT2D eigenvalue weighted by Gasteiger charge is -2.20. The summed E-state index contributed by atoms with van der Waals surface area (Å²) in [5.74, 6) is -1.07.